The molecule has 1 heterocycles. The number of rotatable bonds is 6. The van der Waals surface area contributed by atoms with Crippen LogP contribution in [0, 0.1) is 5.92 Å². The van der Waals surface area contributed by atoms with Crippen LogP contribution in [0.5, 0.6) is 0 Å². The molecule has 1 aromatic heterocycles. The molecule has 0 saturated heterocycles. The smallest absolute Gasteiger partial charge is 0.335 e. The van der Waals surface area contributed by atoms with Gasteiger partial charge in [0.25, 0.3) is 0 Å². The lowest BCUT2D eigenvalue weighted by Gasteiger charge is -2.09. The number of nitrogens with one attached hydrogen (secondary N) is 1. The fourth-order valence-electron chi connectivity index (χ4n) is 1.43. The Labute approximate surface area is 106 Å². The van der Waals surface area contributed by atoms with Crippen LogP contribution in [-0.2, 0) is 11.3 Å². The van der Waals surface area contributed by atoms with Gasteiger partial charge in [0.05, 0.1) is 17.8 Å². The van der Waals surface area contributed by atoms with Crippen molar-refractivity contribution in [3.8, 4) is 0 Å². The molecule has 0 radical (unpaired) electrons. The van der Waals surface area contributed by atoms with Gasteiger partial charge in [0.15, 0.2) is 0 Å². The molecule has 0 fully saturated rings. The topological polar surface area (TPSA) is 79.3 Å². The van der Waals surface area contributed by atoms with Gasteiger partial charge in [0, 0.05) is 12.6 Å². The number of amides is 1. The predicted molar refractivity (Wildman–Crippen MR) is 67.1 cm³/mol. The van der Waals surface area contributed by atoms with Gasteiger partial charge < -0.3 is 10.4 Å². The minimum atomic E-state index is -0.996. The lowest BCUT2D eigenvalue weighted by atomic mass is 10.1. The zero-order valence-corrected chi connectivity index (χ0v) is 10.6. The Morgan fingerprint density at radius 2 is 2.22 bits per heavy atom. The largest absolute Gasteiger partial charge is 0.478 e. The van der Waals surface area contributed by atoms with Crippen molar-refractivity contribution in [1.82, 2.24) is 10.3 Å². The van der Waals surface area contributed by atoms with Crippen molar-refractivity contribution in [2.24, 2.45) is 5.92 Å². The number of aromatic carboxylic acids is 1. The summed E-state index contributed by atoms with van der Waals surface area (Å²) in [6.45, 7) is 4.31. The van der Waals surface area contributed by atoms with Crippen LogP contribution in [0.1, 0.15) is 42.7 Å². The second kappa shape index (κ2) is 6.74. The van der Waals surface area contributed by atoms with E-state index in [-0.39, 0.29) is 18.0 Å². The van der Waals surface area contributed by atoms with Gasteiger partial charge in [-0.1, -0.05) is 20.3 Å². The summed E-state index contributed by atoms with van der Waals surface area (Å²) >= 11 is 0. The van der Waals surface area contributed by atoms with E-state index >= 15 is 0 Å². The molecule has 1 atom stereocenters. The standard InChI is InChI=1S/C13H18N2O3/c1-3-9(2)6-12(16)15-8-11-7-10(13(17)18)4-5-14-11/h4-5,7,9H,3,6,8H2,1-2H3,(H,15,16)(H,17,18). The Morgan fingerprint density at radius 1 is 1.50 bits per heavy atom. The van der Waals surface area contributed by atoms with E-state index in [9.17, 15) is 9.59 Å². The van der Waals surface area contributed by atoms with Gasteiger partial charge in [-0.3, -0.25) is 9.78 Å². The molecule has 0 aliphatic heterocycles. The molecule has 5 heteroatoms. The minimum Gasteiger partial charge on any atom is -0.478 e. The Balaban J connectivity index is 2.50. The normalized spacial score (nSPS) is 11.9. The minimum absolute atomic E-state index is 0.0353. The summed E-state index contributed by atoms with van der Waals surface area (Å²) in [5.74, 6) is -0.681. The number of aromatic nitrogens is 1. The van der Waals surface area contributed by atoms with Crippen LogP contribution in [0.15, 0.2) is 18.3 Å². The summed E-state index contributed by atoms with van der Waals surface area (Å²) in [4.78, 5) is 26.3. The highest BCUT2D eigenvalue weighted by Gasteiger charge is 2.08. The molecule has 18 heavy (non-hydrogen) atoms. The number of carbonyl (C=O) groups excluding carboxylic acids is 1. The van der Waals surface area contributed by atoms with E-state index in [4.69, 9.17) is 5.11 Å². The van der Waals surface area contributed by atoms with Crippen LogP contribution in [-0.4, -0.2) is 22.0 Å². The third-order valence-electron chi connectivity index (χ3n) is 2.76. The molecule has 2 N–H and O–H groups in total. The average Bonchev–Trinajstić information content (AvgIpc) is 2.36. The molecule has 98 valence electrons. The predicted octanol–water partition coefficient (Wildman–Crippen LogP) is 1.83. The van der Waals surface area contributed by atoms with E-state index in [0.29, 0.717) is 18.0 Å². The average molecular weight is 250 g/mol. The molecular weight excluding hydrogens is 232 g/mol. The van der Waals surface area contributed by atoms with E-state index in [0.717, 1.165) is 6.42 Å². The SMILES string of the molecule is CCC(C)CC(=O)NCc1cc(C(=O)O)ccn1. The monoisotopic (exact) mass is 250 g/mol. The second-order valence-electron chi connectivity index (χ2n) is 4.34. The van der Waals surface area contributed by atoms with Gasteiger partial charge in [0.1, 0.15) is 0 Å². The third kappa shape index (κ3) is 4.53. The van der Waals surface area contributed by atoms with Gasteiger partial charge in [-0.25, -0.2) is 4.79 Å². The molecule has 0 aliphatic carbocycles. The number of hydrogen-bond donors (Lipinski definition) is 2. The van der Waals surface area contributed by atoms with Gasteiger partial charge in [-0.05, 0) is 18.1 Å². The Hall–Kier alpha value is -1.91. The zero-order chi connectivity index (χ0) is 13.5. The van der Waals surface area contributed by atoms with Gasteiger partial charge in [0.2, 0.25) is 5.91 Å². The molecule has 0 aliphatic rings. The lowest BCUT2D eigenvalue weighted by molar-refractivity contribution is -0.122. The maximum absolute atomic E-state index is 11.5. The van der Waals surface area contributed by atoms with Crippen molar-refractivity contribution in [2.45, 2.75) is 33.2 Å². The van der Waals surface area contributed by atoms with Gasteiger partial charge >= 0.3 is 5.97 Å². The number of carboxylic acid groups (broad SMARTS) is 1. The van der Waals surface area contributed by atoms with E-state index in [2.05, 4.69) is 10.3 Å². The molecular formula is C13H18N2O3. The Bertz CT molecular complexity index is 432. The highest BCUT2D eigenvalue weighted by atomic mass is 16.4. The third-order valence-corrected chi connectivity index (χ3v) is 2.76. The number of hydrogen-bond acceptors (Lipinski definition) is 3. The van der Waals surface area contributed by atoms with Gasteiger partial charge in [-0.15, -0.1) is 0 Å². The molecule has 1 unspecified atom stereocenters. The first-order valence-electron chi connectivity index (χ1n) is 5.97. The maximum atomic E-state index is 11.5. The molecule has 0 bridgehead atoms. The molecule has 0 spiro atoms. The van der Waals surface area contributed by atoms with Gasteiger partial charge in [-0.2, -0.15) is 0 Å². The number of carboxylic acids is 1. The molecule has 1 rings (SSSR count). The van der Waals surface area contributed by atoms with Crippen LogP contribution in [0.3, 0.4) is 0 Å². The summed E-state index contributed by atoms with van der Waals surface area (Å²) in [6, 6.07) is 2.89. The van der Waals surface area contributed by atoms with Crippen molar-refractivity contribution >= 4 is 11.9 Å². The van der Waals surface area contributed by atoms with Crippen LogP contribution < -0.4 is 5.32 Å². The first-order chi connectivity index (χ1) is 8.52. The summed E-state index contributed by atoms with van der Waals surface area (Å²) in [5, 5.41) is 11.6. The Kier molecular flexibility index (Phi) is 5.30. The molecule has 0 saturated carbocycles. The number of pyridine rings is 1. The fourth-order valence-corrected chi connectivity index (χ4v) is 1.43. The van der Waals surface area contributed by atoms with Crippen LogP contribution in [0.4, 0.5) is 0 Å². The van der Waals surface area contributed by atoms with Crippen molar-refractivity contribution in [3.63, 3.8) is 0 Å². The zero-order valence-electron chi connectivity index (χ0n) is 10.6. The first kappa shape index (κ1) is 14.2. The van der Waals surface area contributed by atoms with Crippen LogP contribution in [0.25, 0.3) is 0 Å². The lowest BCUT2D eigenvalue weighted by Crippen LogP contribution is -2.24. The quantitative estimate of drug-likeness (QED) is 0.807. The van der Waals surface area contributed by atoms with Crippen LogP contribution >= 0.6 is 0 Å². The highest BCUT2D eigenvalue weighted by molar-refractivity contribution is 5.87. The first-order valence-corrected chi connectivity index (χ1v) is 5.97. The molecule has 0 aromatic carbocycles. The number of carbonyl (C=O) groups is 2. The summed E-state index contributed by atoms with van der Waals surface area (Å²) in [7, 11) is 0. The van der Waals surface area contributed by atoms with E-state index in [1.807, 2.05) is 13.8 Å². The summed E-state index contributed by atoms with van der Waals surface area (Å²) in [5.41, 5.74) is 0.726. The van der Waals surface area contributed by atoms with Crippen molar-refractivity contribution in [2.75, 3.05) is 0 Å². The number of nitrogens with zero attached hydrogens (tertiary/aromatic N) is 1. The van der Waals surface area contributed by atoms with E-state index in [1.54, 1.807) is 0 Å². The van der Waals surface area contributed by atoms with Crippen molar-refractivity contribution < 1.29 is 14.7 Å². The summed E-state index contributed by atoms with van der Waals surface area (Å²) in [6.07, 6.45) is 2.87. The van der Waals surface area contributed by atoms with Crippen molar-refractivity contribution in [3.05, 3.63) is 29.6 Å². The second-order valence-corrected chi connectivity index (χ2v) is 4.34. The Morgan fingerprint density at radius 3 is 2.83 bits per heavy atom. The van der Waals surface area contributed by atoms with E-state index in [1.165, 1.54) is 18.3 Å². The fraction of sp³-hybridized carbons (Fsp3) is 0.462. The molecule has 5 nitrogen and oxygen atoms in total. The van der Waals surface area contributed by atoms with E-state index < -0.39 is 5.97 Å². The molecule has 1 amide bonds. The molecule has 1 aromatic rings. The highest BCUT2D eigenvalue weighted by Crippen LogP contribution is 2.06. The summed E-state index contributed by atoms with van der Waals surface area (Å²) < 4.78 is 0. The maximum Gasteiger partial charge on any atom is 0.335 e. The van der Waals surface area contributed by atoms with Crippen LogP contribution in [0.2, 0.25) is 0 Å². The van der Waals surface area contributed by atoms with Crippen molar-refractivity contribution in [1.29, 1.82) is 0 Å².